The summed E-state index contributed by atoms with van der Waals surface area (Å²) in [5.41, 5.74) is 5.88. The van der Waals surface area contributed by atoms with Crippen LogP contribution in [0.15, 0.2) is 0 Å². The molecule has 5 heteroatoms. The van der Waals surface area contributed by atoms with Gasteiger partial charge < -0.3 is 15.7 Å². The Hall–Kier alpha value is -1.10. The fourth-order valence-corrected chi connectivity index (χ4v) is 2.14. The number of nitrogens with two attached hydrogens (primary N) is 1. The largest absolute Gasteiger partial charge is 0.480 e. The number of aliphatic carboxylic acids is 1. The third kappa shape index (κ3) is 3.19. The van der Waals surface area contributed by atoms with E-state index in [9.17, 15) is 9.59 Å². The number of nitrogens with zero attached hydrogens (tertiary/aromatic N) is 1. The summed E-state index contributed by atoms with van der Waals surface area (Å²) in [5, 5.41) is 9.10. The van der Waals surface area contributed by atoms with E-state index >= 15 is 0 Å². The Kier molecular flexibility index (Phi) is 4.93. The van der Waals surface area contributed by atoms with E-state index in [0.717, 1.165) is 19.3 Å². The molecule has 1 aliphatic heterocycles. The molecular weight excluding hydrogens is 220 g/mol. The molecule has 98 valence electrons. The van der Waals surface area contributed by atoms with E-state index in [2.05, 4.69) is 0 Å². The number of carboxylic acid groups (broad SMARTS) is 1. The standard InChI is InChI=1S/C12H22N2O3/c1-3-8(2)10(13)11(15)14-7-5-4-6-9(14)12(16)17/h8-10H,3-7,13H2,1-2H3,(H,16,17)/t8-,9-,10-/m0/s1. The number of piperidine rings is 1. The van der Waals surface area contributed by atoms with Gasteiger partial charge in [0, 0.05) is 6.54 Å². The zero-order valence-corrected chi connectivity index (χ0v) is 10.6. The van der Waals surface area contributed by atoms with Gasteiger partial charge in [-0.05, 0) is 25.2 Å². The van der Waals surface area contributed by atoms with Crippen molar-refractivity contribution < 1.29 is 14.7 Å². The zero-order chi connectivity index (χ0) is 13.0. The maximum Gasteiger partial charge on any atom is 0.326 e. The Bertz CT molecular complexity index is 293. The van der Waals surface area contributed by atoms with Gasteiger partial charge in [-0.2, -0.15) is 0 Å². The molecule has 0 aromatic carbocycles. The van der Waals surface area contributed by atoms with E-state index in [4.69, 9.17) is 10.8 Å². The van der Waals surface area contributed by atoms with E-state index < -0.39 is 18.1 Å². The highest BCUT2D eigenvalue weighted by Crippen LogP contribution is 2.20. The minimum absolute atomic E-state index is 0.0823. The summed E-state index contributed by atoms with van der Waals surface area (Å²) in [4.78, 5) is 24.7. The Labute approximate surface area is 102 Å². The number of carbonyl (C=O) groups is 2. The summed E-state index contributed by atoms with van der Waals surface area (Å²) in [6.45, 7) is 4.41. The quantitative estimate of drug-likeness (QED) is 0.764. The van der Waals surface area contributed by atoms with Crippen molar-refractivity contribution in [2.24, 2.45) is 11.7 Å². The maximum atomic E-state index is 12.2. The third-order valence-corrected chi connectivity index (χ3v) is 3.61. The first-order valence-corrected chi connectivity index (χ1v) is 6.27. The van der Waals surface area contributed by atoms with Crippen molar-refractivity contribution in [1.82, 2.24) is 4.90 Å². The first kappa shape index (κ1) is 14.0. The molecule has 0 bridgehead atoms. The minimum Gasteiger partial charge on any atom is -0.480 e. The predicted octanol–water partition coefficient (Wildman–Crippen LogP) is 0.825. The normalized spacial score (nSPS) is 24.2. The topological polar surface area (TPSA) is 83.6 Å². The number of hydrogen-bond acceptors (Lipinski definition) is 3. The average Bonchev–Trinajstić information content (AvgIpc) is 2.35. The Morgan fingerprint density at radius 3 is 2.65 bits per heavy atom. The molecule has 17 heavy (non-hydrogen) atoms. The van der Waals surface area contributed by atoms with Gasteiger partial charge >= 0.3 is 5.97 Å². The molecule has 5 nitrogen and oxygen atoms in total. The van der Waals surface area contributed by atoms with Gasteiger partial charge in [0.25, 0.3) is 0 Å². The van der Waals surface area contributed by atoms with E-state index in [1.165, 1.54) is 4.90 Å². The average molecular weight is 242 g/mol. The lowest BCUT2D eigenvalue weighted by molar-refractivity contribution is -0.153. The molecule has 1 fully saturated rings. The molecule has 3 N–H and O–H groups in total. The van der Waals surface area contributed by atoms with Crippen molar-refractivity contribution in [1.29, 1.82) is 0 Å². The van der Waals surface area contributed by atoms with Crippen LogP contribution in [-0.2, 0) is 9.59 Å². The second kappa shape index (κ2) is 6.00. The molecule has 1 heterocycles. The molecule has 0 aromatic heterocycles. The SMILES string of the molecule is CC[C@H](C)[C@H](N)C(=O)N1CCCC[C@H]1C(=O)O. The fraction of sp³-hybridized carbons (Fsp3) is 0.833. The van der Waals surface area contributed by atoms with E-state index in [0.29, 0.717) is 13.0 Å². The number of hydrogen-bond donors (Lipinski definition) is 2. The second-order valence-electron chi connectivity index (χ2n) is 4.79. The van der Waals surface area contributed by atoms with Crippen molar-refractivity contribution in [3.63, 3.8) is 0 Å². The molecule has 0 spiro atoms. The van der Waals surface area contributed by atoms with Crippen LogP contribution in [-0.4, -0.2) is 40.5 Å². The third-order valence-electron chi connectivity index (χ3n) is 3.61. The van der Waals surface area contributed by atoms with Crippen molar-refractivity contribution >= 4 is 11.9 Å². The van der Waals surface area contributed by atoms with Crippen LogP contribution in [0.4, 0.5) is 0 Å². The summed E-state index contributed by atoms with van der Waals surface area (Å²) < 4.78 is 0. The number of carboxylic acids is 1. The van der Waals surface area contributed by atoms with Crippen molar-refractivity contribution in [2.45, 2.75) is 51.6 Å². The Morgan fingerprint density at radius 1 is 1.47 bits per heavy atom. The van der Waals surface area contributed by atoms with Gasteiger partial charge in [-0.15, -0.1) is 0 Å². The number of rotatable bonds is 4. The molecule has 0 unspecified atom stereocenters. The van der Waals surface area contributed by atoms with Gasteiger partial charge in [-0.25, -0.2) is 4.79 Å². The van der Waals surface area contributed by atoms with Crippen LogP contribution < -0.4 is 5.73 Å². The summed E-state index contributed by atoms with van der Waals surface area (Å²) in [7, 11) is 0. The lowest BCUT2D eigenvalue weighted by Crippen LogP contribution is -2.55. The molecule has 0 aromatic rings. The number of likely N-dealkylation sites (tertiary alicyclic amines) is 1. The highest BCUT2D eigenvalue weighted by atomic mass is 16.4. The Morgan fingerprint density at radius 2 is 2.12 bits per heavy atom. The van der Waals surface area contributed by atoms with Crippen LogP contribution in [0.25, 0.3) is 0 Å². The van der Waals surface area contributed by atoms with Crippen molar-refractivity contribution in [2.75, 3.05) is 6.54 Å². The molecule has 1 amide bonds. The van der Waals surface area contributed by atoms with Crippen molar-refractivity contribution in [3.05, 3.63) is 0 Å². The molecule has 1 aliphatic rings. The van der Waals surface area contributed by atoms with Crippen LogP contribution in [0.3, 0.4) is 0 Å². The van der Waals surface area contributed by atoms with E-state index in [1.54, 1.807) is 0 Å². The second-order valence-corrected chi connectivity index (χ2v) is 4.79. The molecule has 1 rings (SSSR count). The first-order chi connectivity index (χ1) is 7.99. The Balaban J connectivity index is 2.74. The summed E-state index contributed by atoms with van der Waals surface area (Å²) in [6, 6.07) is -1.27. The number of amides is 1. The fourth-order valence-electron chi connectivity index (χ4n) is 2.14. The van der Waals surface area contributed by atoms with Crippen LogP contribution in [0.1, 0.15) is 39.5 Å². The summed E-state index contributed by atoms with van der Waals surface area (Å²) in [5.74, 6) is -1.06. The van der Waals surface area contributed by atoms with Gasteiger partial charge in [0.05, 0.1) is 6.04 Å². The summed E-state index contributed by atoms with van der Waals surface area (Å²) >= 11 is 0. The summed E-state index contributed by atoms with van der Waals surface area (Å²) in [6.07, 6.45) is 3.08. The minimum atomic E-state index is -0.922. The molecule has 3 atom stereocenters. The highest BCUT2D eigenvalue weighted by Gasteiger charge is 2.35. The zero-order valence-electron chi connectivity index (χ0n) is 10.6. The lowest BCUT2D eigenvalue weighted by Gasteiger charge is -2.35. The van der Waals surface area contributed by atoms with Crippen molar-refractivity contribution in [3.8, 4) is 0 Å². The van der Waals surface area contributed by atoms with Crippen LogP contribution >= 0.6 is 0 Å². The van der Waals surface area contributed by atoms with Gasteiger partial charge in [0.2, 0.25) is 5.91 Å². The van der Waals surface area contributed by atoms with Gasteiger partial charge in [-0.1, -0.05) is 20.3 Å². The lowest BCUT2D eigenvalue weighted by atomic mass is 9.95. The van der Waals surface area contributed by atoms with E-state index in [-0.39, 0.29) is 11.8 Å². The number of carbonyl (C=O) groups excluding carboxylic acids is 1. The van der Waals surface area contributed by atoms with Crippen LogP contribution in [0.2, 0.25) is 0 Å². The van der Waals surface area contributed by atoms with Gasteiger partial charge in [0.15, 0.2) is 0 Å². The first-order valence-electron chi connectivity index (χ1n) is 6.27. The molecule has 1 saturated heterocycles. The molecule has 0 radical (unpaired) electrons. The smallest absolute Gasteiger partial charge is 0.326 e. The predicted molar refractivity (Wildman–Crippen MR) is 64.4 cm³/mol. The van der Waals surface area contributed by atoms with E-state index in [1.807, 2.05) is 13.8 Å². The van der Waals surface area contributed by atoms with Crippen LogP contribution in [0.5, 0.6) is 0 Å². The maximum absolute atomic E-state index is 12.2. The molecule has 0 aliphatic carbocycles. The van der Waals surface area contributed by atoms with Crippen LogP contribution in [0, 0.1) is 5.92 Å². The van der Waals surface area contributed by atoms with Gasteiger partial charge in [-0.3, -0.25) is 4.79 Å². The van der Waals surface area contributed by atoms with Gasteiger partial charge in [0.1, 0.15) is 6.04 Å². The molecular formula is C12H22N2O3. The molecule has 0 saturated carbocycles. The monoisotopic (exact) mass is 242 g/mol. The highest BCUT2D eigenvalue weighted by molar-refractivity contribution is 5.87.